The Balaban J connectivity index is 1.40. The smallest absolute Gasteiger partial charge is 0.243 e. The summed E-state index contributed by atoms with van der Waals surface area (Å²) in [6.07, 6.45) is 3.23. The number of thioether (sulfide) groups is 1. The van der Waals surface area contributed by atoms with Crippen molar-refractivity contribution in [3.63, 3.8) is 0 Å². The molecule has 2 aromatic carbocycles. The molecule has 0 spiro atoms. The molecule has 2 aromatic heterocycles. The van der Waals surface area contributed by atoms with Gasteiger partial charge in [0.1, 0.15) is 6.54 Å². The predicted octanol–water partition coefficient (Wildman–Crippen LogP) is 4.51. The molecule has 4 aromatic rings. The molecule has 1 aliphatic rings. The van der Waals surface area contributed by atoms with Crippen molar-refractivity contribution in [2.45, 2.75) is 63.8 Å². The lowest BCUT2D eigenvalue weighted by Gasteiger charge is -2.39. The van der Waals surface area contributed by atoms with Crippen molar-refractivity contribution in [2.75, 3.05) is 11.1 Å². The fraction of sp³-hybridized carbons (Fsp3) is 0.385. The van der Waals surface area contributed by atoms with E-state index in [0.29, 0.717) is 10.9 Å². The Morgan fingerprint density at radius 1 is 1.00 bits per heavy atom. The van der Waals surface area contributed by atoms with Gasteiger partial charge >= 0.3 is 0 Å². The number of carbonyl (C=O) groups is 2. The van der Waals surface area contributed by atoms with Crippen LogP contribution in [-0.4, -0.2) is 53.7 Å². The van der Waals surface area contributed by atoms with E-state index in [1.54, 1.807) is 0 Å². The van der Waals surface area contributed by atoms with Crippen LogP contribution in [0.4, 0.5) is 5.69 Å². The normalized spacial score (nSPS) is 18.3. The van der Waals surface area contributed by atoms with Gasteiger partial charge in [-0.25, -0.2) is 0 Å². The Kier molecular flexibility index (Phi) is 6.51. The summed E-state index contributed by atoms with van der Waals surface area (Å²) in [7, 11) is 0. The zero-order valence-corrected chi connectivity index (χ0v) is 21.1. The van der Waals surface area contributed by atoms with Crippen LogP contribution < -0.4 is 5.32 Å². The van der Waals surface area contributed by atoms with E-state index >= 15 is 0 Å². The predicted molar refractivity (Wildman–Crippen MR) is 139 cm³/mol. The molecule has 3 heterocycles. The van der Waals surface area contributed by atoms with Gasteiger partial charge in [0.25, 0.3) is 0 Å². The van der Waals surface area contributed by atoms with Crippen LogP contribution in [0.15, 0.2) is 53.7 Å². The van der Waals surface area contributed by atoms with Crippen molar-refractivity contribution in [3.05, 3.63) is 54.1 Å². The Morgan fingerprint density at radius 2 is 1.69 bits per heavy atom. The number of hydrogen-bond donors (Lipinski definition) is 1. The van der Waals surface area contributed by atoms with Crippen LogP contribution in [0.25, 0.3) is 16.8 Å². The largest absolute Gasteiger partial charge is 0.336 e. The molecule has 1 aliphatic heterocycles. The number of aryl methyl sites for hydroxylation is 1. The van der Waals surface area contributed by atoms with E-state index in [1.807, 2.05) is 69.3 Å². The number of benzene rings is 2. The minimum absolute atomic E-state index is 0.0998. The Hall–Kier alpha value is -3.33. The van der Waals surface area contributed by atoms with Gasteiger partial charge in [-0.3, -0.25) is 18.6 Å². The number of carbonyl (C=O) groups excluding carboxylic acids is 2. The number of anilines is 1. The number of aromatic nitrogens is 4. The number of fused-ring (bicyclic) bond motifs is 3. The second-order valence-corrected chi connectivity index (χ2v) is 10.2. The highest BCUT2D eigenvalue weighted by molar-refractivity contribution is 7.99. The number of nitrogens with zero attached hydrogens (tertiary/aromatic N) is 5. The molecule has 0 aliphatic carbocycles. The van der Waals surface area contributed by atoms with E-state index in [9.17, 15) is 9.59 Å². The van der Waals surface area contributed by atoms with Crippen LogP contribution in [0.1, 0.15) is 38.7 Å². The van der Waals surface area contributed by atoms with Crippen molar-refractivity contribution < 1.29 is 9.59 Å². The molecular weight excluding hydrogens is 460 g/mol. The highest BCUT2D eigenvalue weighted by Crippen LogP contribution is 2.28. The lowest BCUT2D eigenvalue weighted by Crippen LogP contribution is -2.48. The number of nitrogens with one attached hydrogen (secondary N) is 1. The molecule has 0 saturated carbocycles. The van der Waals surface area contributed by atoms with E-state index in [0.717, 1.165) is 41.5 Å². The van der Waals surface area contributed by atoms with E-state index in [1.165, 1.54) is 11.8 Å². The third kappa shape index (κ3) is 4.52. The Morgan fingerprint density at radius 3 is 2.43 bits per heavy atom. The molecule has 8 nitrogen and oxygen atoms in total. The molecule has 1 saturated heterocycles. The standard InChI is InChI=1S/C26H30N6O2S/c1-17-9-4-5-12-20(17)27-23(33)16-35-26-29-28-25-30(21-13-6-7-14-22(21)32(25)26)15-24(34)31-18(2)10-8-11-19(31)3/h4-7,9,12-14,18-19H,8,10-11,15-16H2,1-3H3,(H,27,33)/t18-,19-/m0/s1. The first-order valence-corrected chi connectivity index (χ1v) is 13.0. The molecule has 1 N–H and O–H groups in total. The van der Waals surface area contributed by atoms with Crippen LogP contribution in [0, 0.1) is 6.92 Å². The quantitative estimate of drug-likeness (QED) is 0.402. The Bertz CT molecular complexity index is 1380. The average Bonchev–Trinajstić information content (AvgIpc) is 3.38. The number of para-hydroxylation sites is 3. The number of likely N-dealkylation sites (tertiary alicyclic amines) is 1. The molecule has 2 amide bonds. The molecule has 9 heteroatoms. The maximum Gasteiger partial charge on any atom is 0.243 e. The Labute approximate surface area is 208 Å². The molecule has 0 unspecified atom stereocenters. The summed E-state index contributed by atoms with van der Waals surface area (Å²) in [4.78, 5) is 28.0. The summed E-state index contributed by atoms with van der Waals surface area (Å²) in [5, 5.41) is 12.4. The zero-order chi connectivity index (χ0) is 24.5. The van der Waals surface area contributed by atoms with Gasteiger partial charge < -0.3 is 10.2 Å². The fourth-order valence-electron chi connectivity index (χ4n) is 5.05. The number of piperidine rings is 1. The third-order valence-electron chi connectivity index (χ3n) is 6.80. The van der Waals surface area contributed by atoms with Crippen molar-refractivity contribution in [2.24, 2.45) is 0 Å². The van der Waals surface area contributed by atoms with Crippen LogP contribution >= 0.6 is 11.8 Å². The van der Waals surface area contributed by atoms with E-state index in [2.05, 4.69) is 29.4 Å². The number of hydrogen-bond acceptors (Lipinski definition) is 5. The van der Waals surface area contributed by atoms with Crippen molar-refractivity contribution in [1.29, 1.82) is 0 Å². The maximum absolute atomic E-state index is 13.4. The molecule has 1 fully saturated rings. The summed E-state index contributed by atoms with van der Waals surface area (Å²) >= 11 is 1.33. The lowest BCUT2D eigenvalue weighted by atomic mass is 9.97. The SMILES string of the molecule is Cc1ccccc1NC(=O)CSc1nnc2n(CC(=O)N3[C@@H](C)CCC[C@@H]3C)c3ccccc3n12. The highest BCUT2D eigenvalue weighted by Gasteiger charge is 2.30. The second-order valence-electron chi connectivity index (χ2n) is 9.27. The minimum Gasteiger partial charge on any atom is -0.336 e. The lowest BCUT2D eigenvalue weighted by molar-refractivity contribution is -0.137. The maximum atomic E-state index is 13.4. The summed E-state index contributed by atoms with van der Waals surface area (Å²) in [5.74, 6) is 0.811. The average molecular weight is 491 g/mol. The summed E-state index contributed by atoms with van der Waals surface area (Å²) < 4.78 is 3.88. The molecule has 5 rings (SSSR count). The number of rotatable bonds is 6. The van der Waals surface area contributed by atoms with E-state index in [-0.39, 0.29) is 36.2 Å². The molecule has 0 bridgehead atoms. The molecular formula is C26H30N6O2S. The second kappa shape index (κ2) is 9.73. The molecule has 35 heavy (non-hydrogen) atoms. The highest BCUT2D eigenvalue weighted by atomic mass is 32.2. The van der Waals surface area contributed by atoms with E-state index in [4.69, 9.17) is 0 Å². The van der Waals surface area contributed by atoms with Gasteiger partial charge in [-0.2, -0.15) is 0 Å². The molecule has 182 valence electrons. The van der Waals surface area contributed by atoms with Crippen LogP contribution in [0.3, 0.4) is 0 Å². The summed E-state index contributed by atoms with van der Waals surface area (Å²) in [6.45, 7) is 6.43. The summed E-state index contributed by atoms with van der Waals surface area (Å²) in [6, 6.07) is 16.1. The van der Waals surface area contributed by atoms with Gasteiger partial charge in [-0.1, -0.05) is 42.1 Å². The fourth-order valence-corrected chi connectivity index (χ4v) is 5.79. The first kappa shape index (κ1) is 23.4. The first-order chi connectivity index (χ1) is 16.9. The van der Waals surface area contributed by atoms with Gasteiger partial charge in [-0.05, 0) is 63.8 Å². The molecule has 2 atom stereocenters. The van der Waals surface area contributed by atoms with Gasteiger partial charge in [-0.15, -0.1) is 10.2 Å². The number of amides is 2. The minimum atomic E-state index is -0.104. The summed E-state index contributed by atoms with van der Waals surface area (Å²) in [5.41, 5.74) is 3.66. The van der Waals surface area contributed by atoms with Crippen molar-refractivity contribution in [1.82, 2.24) is 24.1 Å². The molecule has 0 radical (unpaired) electrons. The van der Waals surface area contributed by atoms with E-state index < -0.39 is 0 Å². The van der Waals surface area contributed by atoms with Crippen LogP contribution in [0.5, 0.6) is 0 Å². The van der Waals surface area contributed by atoms with Crippen molar-refractivity contribution >= 4 is 46.1 Å². The first-order valence-electron chi connectivity index (χ1n) is 12.1. The van der Waals surface area contributed by atoms with Gasteiger partial charge in [0.05, 0.1) is 16.8 Å². The van der Waals surface area contributed by atoms with Gasteiger partial charge in [0.15, 0.2) is 5.16 Å². The van der Waals surface area contributed by atoms with Crippen LogP contribution in [0.2, 0.25) is 0 Å². The van der Waals surface area contributed by atoms with Crippen molar-refractivity contribution in [3.8, 4) is 0 Å². The number of imidazole rings is 1. The third-order valence-corrected chi connectivity index (χ3v) is 7.73. The van der Waals surface area contributed by atoms with Gasteiger partial charge in [0, 0.05) is 17.8 Å². The van der Waals surface area contributed by atoms with Crippen LogP contribution in [-0.2, 0) is 16.1 Å². The van der Waals surface area contributed by atoms with Gasteiger partial charge in [0.2, 0.25) is 17.6 Å². The topological polar surface area (TPSA) is 84.5 Å². The zero-order valence-electron chi connectivity index (χ0n) is 20.3. The monoisotopic (exact) mass is 490 g/mol.